The van der Waals surface area contributed by atoms with Crippen LogP contribution >= 0.6 is 0 Å². The summed E-state index contributed by atoms with van der Waals surface area (Å²) in [4.78, 5) is 29.0. The zero-order valence-corrected chi connectivity index (χ0v) is 19.4. The van der Waals surface area contributed by atoms with Gasteiger partial charge in [0.15, 0.2) is 6.61 Å². The second-order valence-corrected chi connectivity index (χ2v) is 9.31. The van der Waals surface area contributed by atoms with Crippen molar-refractivity contribution in [1.29, 1.82) is 0 Å². The van der Waals surface area contributed by atoms with E-state index in [1.54, 1.807) is 17.0 Å². The van der Waals surface area contributed by atoms with Gasteiger partial charge in [0.1, 0.15) is 0 Å². The van der Waals surface area contributed by atoms with Crippen molar-refractivity contribution in [3.05, 3.63) is 35.4 Å². The molecule has 0 spiro atoms. The smallest absolute Gasteiger partial charge is 0.338 e. The van der Waals surface area contributed by atoms with Gasteiger partial charge in [-0.25, -0.2) is 4.79 Å². The van der Waals surface area contributed by atoms with E-state index in [9.17, 15) is 9.59 Å². The molecule has 168 valence electrons. The van der Waals surface area contributed by atoms with Crippen LogP contribution in [0.1, 0.15) is 57.5 Å². The van der Waals surface area contributed by atoms with Gasteiger partial charge in [0.25, 0.3) is 5.91 Å². The molecule has 1 aromatic rings. The number of morpholine rings is 1. The molecule has 0 N–H and O–H groups in total. The van der Waals surface area contributed by atoms with Gasteiger partial charge in [-0.05, 0) is 43.4 Å². The largest absolute Gasteiger partial charge is 0.452 e. The molecule has 6 heteroatoms. The first kappa shape index (κ1) is 24.4. The number of carbonyl (C=O) groups is 2. The number of nitrogens with zero attached hydrogens (tertiary/aromatic N) is 2. The number of esters is 1. The number of hydrogen-bond acceptors (Lipinski definition) is 5. The number of ether oxygens (including phenoxy) is 2. The lowest BCUT2D eigenvalue weighted by Gasteiger charge is -2.35. The predicted octanol–water partition coefficient (Wildman–Crippen LogP) is 3.59. The average molecular weight is 419 g/mol. The summed E-state index contributed by atoms with van der Waals surface area (Å²) < 4.78 is 11.1. The number of benzene rings is 1. The third-order valence-corrected chi connectivity index (χ3v) is 4.94. The summed E-state index contributed by atoms with van der Waals surface area (Å²) in [6.07, 6.45) is 0.456. The molecular weight excluding hydrogens is 380 g/mol. The number of rotatable bonds is 9. The quantitative estimate of drug-likeness (QED) is 0.574. The minimum atomic E-state index is -0.461. The van der Waals surface area contributed by atoms with Crippen LogP contribution in [0, 0.1) is 11.8 Å². The second-order valence-electron chi connectivity index (χ2n) is 9.31. The zero-order chi connectivity index (χ0) is 22.3. The van der Waals surface area contributed by atoms with Gasteiger partial charge in [-0.15, -0.1) is 0 Å². The standard InChI is InChI=1S/C24H38N2O4/c1-17(2)11-26(12-18(3)4)23(27)16-29-24(28)22-9-7-21(8-10-22)15-25-13-19(5)30-20(6)14-25/h7-10,17-20H,11-16H2,1-6H3. The van der Waals surface area contributed by atoms with Crippen molar-refractivity contribution in [2.75, 3.05) is 32.8 Å². The third-order valence-electron chi connectivity index (χ3n) is 4.94. The summed E-state index contributed by atoms with van der Waals surface area (Å²) in [7, 11) is 0. The van der Waals surface area contributed by atoms with Gasteiger partial charge >= 0.3 is 5.97 Å². The van der Waals surface area contributed by atoms with Crippen LogP contribution in [-0.2, 0) is 20.8 Å². The Morgan fingerprint density at radius 3 is 2.07 bits per heavy atom. The maximum absolute atomic E-state index is 12.5. The molecule has 1 heterocycles. The first-order valence-corrected chi connectivity index (χ1v) is 11.1. The van der Waals surface area contributed by atoms with Crippen molar-refractivity contribution >= 4 is 11.9 Å². The Morgan fingerprint density at radius 1 is 1.03 bits per heavy atom. The number of hydrogen-bond donors (Lipinski definition) is 0. The van der Waals surface area contributed by atoms with Crippen molar-refractivity contribution < 1.29 is 19.1 Å². The van der Waals surface area contributed by atoms with Crippen molar-refractivity contribution in [3.63, 3.8) is 0 Å². The monoisotopic (exact) mass is 418 g/mol. The molecule has 1 aliphatic rings. The SMILES string of the molecule is CC(C)CN(CC(C)C)C(=O)COC(=O)c1ccc(CN2CC(C)OC(C)C2)cc1. The lowest BCUT2D eigenvalue weighted by Crippen LogP contribution is -2.44. The lowest BCUT2D eigenvalue weighted by molar-refractivity contribution is -0.135. The van der Waals surface area contributed by atoms with Gasteiger partial charge in [-0.2, -0.15) is 0 Å². The van der Waals surface area contributed by atoms with Crippen LogP contribution in [0.25, 0.3) is 0 Å². The van der Waals surface area contributed by atoms with Crippen molar-refractivity contribution in [3.8, 4) is 0 Å². The van der Waals surface area contributed by atoms with E-state index in [4.69, 9.17) is 9.47 Å². The summed E-state index contributed by atoms with van der Waals surface area (Å²) in [6, 6.07) is 7.45. The molecule has 0 radical (unpaired) electrons. The van der Waals surface area contributed by atoms with Crippen LogP contribution in [-0.4, -0.2) is 66.7 Å². The molecule has 0 bridgehead atoms. The fourth-order valence-corrected chi connectivity index (χ4v) is 3.88. The normalized spacial score (nSPS) is 19.9. The highest BCUT2D eigenvalue weighted by molar-refractivity contribution is 5.91. The molecule has 1 aliphatic heterocycles. The van der Waals surface area contributed by atoms with Crippen LogP contribution < -0.4 is 0 Å². The molecule has 30 heavy (non-hydrogen) atoms. The predicted molar refractivity (Wildman–Crippen MR) is 118 cm³/mol. The number of amides is 1. The summed E-state index contributed by atoms with van der Waals surface area (Å²) >= 11 is 0. The van der Waals surface area contributed by atoms with Crippen molar-refractivity contribution in [1.82, 2.24) is 9.80 Å². The molecule has 2 unspecified atom stereocenters. The lowest BCUT2D eigenvalue weighted by atomic mass is 10.1. The Hall–Kier alpha value is -1.92. The molecule has 1 fully saturated rings. The topological polar surface area (TPSA) is 59.1 Å². The first-order chi connectivity index (χ1) is 14.1. The minimum absolute atomic E-state index is 0.141. The molecule has 0 saturated carbocycles. The molecular formula is C24H38N2O4. The Labute approximate surface area is 181 Å². The fraction of sp³-hybridized carbons (Fsp3) is 0.667. The Bertz CT molecular complexity index is 667. The van der Waals surface area contributed by atoms with Crippen molar-refractivity contribution in [2.45, 2.75) is 60.3 Å². The summed E-state index contributed by atoms with van der Waals surface area (Å²) in [5.74, 6) is 0.136. The molecule has 1 aromatic carbocycles. The fourth-order valence-electron chi connectivity index (χ4n) is 3.88. The molecule has 1 saturated heterocycles. The van der Waals surface area contributed by atoms with E-state index < -0.39 is 5.97 Å². The molecule has 0 aromatic heterocycles. The van der Waals surface area contributed by atoms with E-state index in [0.29, 0.717) is 30.5 Å². The first-order valence-electron chi connectivity index (χ1n) is 11.1. The van der Waals surface area contributed by atoms with E-state index in [2.05, 4.69) is 46.4 Å². The zero-order valence-electron chi connectivity index (χ0n) is 19.4. The van der Waals surface area contributed by atoms with Gasteiger partial charge in [-0.1, -0.05) is 39.8 Å². The van der Waals surface area contributed by atoms with Gasteiger partial charge in [0.2, 0.25) is 0 Å². The Morgan fingerprint density at radius 2 is 1.57 bits per heavy atom. The minimum Gasteiger partial charge on any atom is -0.452 e. The Balaban J connectivity index is 1.87. The van der Waals surface area contributed by atoms with Gasteiger partial charge in [-0.3, -0.25) is 9.69 Å². The third kappa shape index (κ3) is 8.07. The average Bonchev–Trinajstić information content (AvgIpc) is 2.64. The molecule has 2 atom stereocenters. The van der Waals surface area contributed by atoms with Gasteiger partial charge < -0.3 is 14.4 Å². The highest BCUT2D eigenvalue weighted by Gasteiger charge is 2.22. The summed E-state index contributed by atoms with van der Waals surface area (Å²) in [6.45, 7) is 16.2. The van der Waals surface area contributed by atoms with Crippen LogP contribution in [0.2, 0.25) is 0 Å². The van der Waals surface area contributed by atoms with E-state index in [-0.39, 0.29) is 24.7 Å². The van der Waals surface area contributed by atoms with E-state index in [1.165, 1.54) is 0 Å². The van der Waals surface area contributed by atoms with Crippen LogP contribution in [0.4, 0.5) is 0 Å². The summed E-state index contributed by atoms with van der Waals surface area (Å²) in [5.41, 5.74) is 1.61. The van der Waals surface area contributed by atoms with E-state index >= 15 is 0 Å². The van der Waals surface area contributed by atoms with Crippen LogP contribution in [0.3, 0.4) is 0 Å². The highest BCUT2D eigenvalue weighted by Crippen LogP contribution is 2.15. The van der Waals surface area contributed by atoms with Crippen LogP contribution in [0.15, 0.2) is 24.3 Å². The number of carbonyl (C=O) groups excluding carboxylic acids is 2. The molecule has 2 rings (SSSR count). The molecule has 6 nitrogen and oxygen atoms in total. The maximum atomic E-state index is 12.5. The molecule has 0 aliphatic carbocycles. The maximum Gasteiger partial charge on any atom is 0.338 e. The van der Waals surface area contributed by atoms with Crippen LogP contribution in [0.5, 0.6) is 0 Å². The Kier molecular flexibility index (Phi) is 9.31. The second kappa shape index (κ2) is 11.5. The van der Waals surface area contributed by atoms with E-state index in [0.717, 1.165) is 25.2 Å². The van der Waals surface area contributed by atoms with Gasteiger partial charge in [0.05, 0.1) is 17.8 Å². The molecule has 1 amide bonds. The van der Waals surface area contributed by atoms with Gasteiger partial charge in [0, 0.05) is 32.7 Å². The van der Waals surface area contributed by atoms with E-state index in [1.807, 2.05) is 12.1 Å². The summed E-state index contributed by atoms with van der Waals surface area (Å²) in [5, 5.41) is 0. The van der Waals surface area contributed by atoms with Crippen molar-refractivity contribution in [2.24, 2.45) is 11.8 Å². The highest BCUT2D eigenvalue weighted by atomic mass is 16.5.